The van der Waals surface area contributed by atoms with Crippen molar-refractivity contribution in [2.24, 2.45) is 5.92 Å². The zero-order valence-electron chi connectivity index (χ0n) is 17.8. The summed E-state index contributed by atoms with van der Waals surface area (Å²) in [5, 5.41) is 3.64. The van der Waals surface area contributed by atoms with Gasteiger partial charge in [0.2, 0.25) is 11.8 Å². The van der Waals surface area contributed by atoms with Crippen molar-refractivity contribution in [2.45, 2.75) is 51.5 Å². The number of imidazole rings is 1. The number of likely N-dealkylation sites (tertiary alicyclic amines) is 2. The number of amides is 2. The summed E-state index contributed by atoms with van der Waals surface area (Å²) in [5.41, 5.74) is 1.97. The SMILES string of the molecule is CN1CC(C(=O)N2CCC(c3nc4ccccn4c3NC(C)(C)C)CC2)CC1=O. The number of anilines is 1. The monoisotopic (exact) mass is 397 g/mol. The first-order chi connectivity index (χ1) is 13.7. The van der Waals surface area contributed by atoms with Crippen LogP contribution in [-0.2, 0) is 9.59 Å². The summed E-state index contributed by atoms with van der Waals surface area (Å²) in [4.78, 5) is 33.2. The fourth-order valence-corrected chi connectivity index (χ4v) is 4.44. The molecule has 2 aromatic rings. The quantitative estimate of drug-likeness (QED) is 0.865. The zero-order valence-corrected chi connectivity index (χ0v) is 17.8. The summed E-state index contributed by atoms with van der Waals surface area (Å²) in [5.74, 6) is 1.39. The maximum atomic E-state index is 12.8. The molecule has 29 heavy (non-hydrogen) atoms. The summed E-state index contributed by atoms with van der Waals surface area (Å²) in [6.07, 6.45) is 4.18. The Balaban J connectivity index is 1.50. The number of piperidine rings is 1. The highest BCUT2D eigenvalue weighted by Gasteiger charge is 2.36. The third-order valence-electron chi connectivity index (χ3n) is 5.93. The molecule has 7 nitrogen and oxygen atoms in total. The van der Waals surface area contributed by atoms with Gasteiger partial charge in [0, 0.05) is 50.8 Å². The smallest absolute Gasteiger partial charge is 0.227 e. The van der Waals surface area contributed by atoms with Crippen LogP contribution < -0.4 is 5.32 Å². The number of fused-ring (bicyclic) bond motifs is 1. The molecule has 1 N–H and O–H groups in total. The van der Waals surface area contributed by atoms with Crippen molar-refractivity contribution in [2.75, 3.05) is 32.0 Å². The second-order valence-electron chi connectivity index (χ2n) is 9.42. The van der Waals surface area contributed by atoms with Gasteiger partial charge in [-0.3, -0.25) is 14.0 Å². The number of hydrogen-bond acceptors (Lipinski definition) is 4. The van der Waals surface area contributed by atoms with Crippen LogP contribution >= 0.6 is 0 Å². The summed E-state index contributed by atoms with van der Waals surface area (Å²) in [6, 6.07) is 6.06. The lowest BCUT2D eigenvalue weighted by Crippen LogP contribution is -2.42. The first-order valence-corrected chi connectivity index (χ1v) is 10.5. The Hall–Kier alpha value is -2.57. The lowest BCUT2D eigenvalue weighted by molar-refractivity contribution is -0.136. The average Bonchev–Trinajstić information content (AvgIpc) is 3.20. The van der Waals surface area contributed by atoms with Gasteiger partial charge < -0.3 is 15.1 Å². The Morgan fingerprint density at radius 3 is 2.55 bits per heavy atom. The van der Waals surface area contributed by atoms with Crippen molar-refractivity contribution in [3.05, 3.63) is 30.1 Å². The van der Waals surface area contributed by atoms with Gasteiger partial charge in [-0.05, 0) is 45.7 Å². The van der Waals surface area contributed by atoms with Crippen LogP contribution in [-0.4, -0.2) is 63.2 Å². The minimum atomic E-state index is -0.183. The molecule has 2 aromatic heterocycles. The number of rotatable bonds is 3. The molecule has 1 atom stereocenters. The number of carbonyl (C=O) groups is 2. The van der Waals surface area contributed by atoms with Gasteiger partial charge >= 0.3 is 0 Å². The van der Waals surface area contributed by atoms with Crippen molar-refractivity contribution in [3.8, 4) is 0 Å². The van der Waals surface area contributed by atoms with E-state index in [1.807, 2.05) is 29.3 Å². The molecule has 2 amide bonds. The predicted molar refractivity (Wildman–Crippen MR) is 113 cm³/mol. The van der Waals surface area contributed by atoms with E-state index in [1.54, 1.807) is 11.9 Å². The van der Waals surface area contributed by atoms with Crippen molar-refractivity contribution >= 4 is 23.3 Å². The van der Waals surface area contributed by atoms with E-state index in [0.29, 0.717) is 18.9 Å². The van der Waals surface area contributed by atoms with E-state index < -0.39 is 0 Å². The standard InChI is InChI=1S/C22H31N5O2/c1-22(2,3)24-20-19(23-17-7-5-6-10-27(17)20)15-8-11-26(12-9-15)21(29)16-13-18(28)25(4)14-16/h5-7,10,15-16,24H,8-9,11-14H2,1-4H3. The number of nitrogens with zero attached hydrogens (tertiary/aromatic N) is 4. The lowest BCUT2D eigenvalue weighted by Gasteiger charge is -2.33. The van der Waals surface area contributed by atoms with Gasteiger partial charge in [-0.2, -0.15) is 0 Å². The van der Waals surface area contributed by atoms with Crippen LogP contribution in [0.25, 0.3) is 5.65 Å². The van der Waals surface area contributed by atoms with Gasteiger partial charge in [0.25, 0.3) is 0 Å². The molecule has 156 valence electrons. The predicted octanol–water partition coefficient (Wildman–Crippen LogP) is 2.73. The molecule has 0 radical (unpaired) electrons. The van der Waals surface area contributed by atoms with Crippen LogP contribution in [0.3, 0.4) is 0 Å². The topological polar surface area (TPSA) is 70.0 Å². The molecule has 0 saturated carbocycles. The van der Waals surface area contributed by atoms with Crippen LogP contribution in [0.1, 0.15) is 51.6 Å². The molecule has 2 aliphatic rings. The second-order valence-corrected chi connectivity index (χ2v) is 9.42. The first-order valence-electron chi connectivity index (χ1n) is 10.5. The molecule has 1 unspecified atom stereocenters. The molecule has 0 aromatic carbocycles. The molecule has 4 heterocycles. The van der Waals surface area contributed by atoms with E-state index in [9.17, 15) is 9.59 Å². The minimum Gasteiger partial charge on any atom is -0.365 e. The summed E-state index contributed by atoms with van der Waals surface area (Å²) in [6.45, 7) is 8.45. The van der Waals surface area contributed by atoms with Crippen LogP contribution in [0.4, 0.5) is 5.82 Å². The number of hydrogen-bond donors (Lipinski definition) is 1. The molecule has 0 aliphatic carbocycles. The molecule has 0 spiro atoms. The Kier molecular flexibility index (Phi) is 5.00. The second kappa shape index (κ2) is 7.35. The molecule has 7 heteroatoms. The normalized spacial score (nSPS) is 21.2. The van der Waals surface area contributed by atoms with Crippen molar-refractivity contribution in [3.63, 3.8) is 0 Å². The number of pyridine rings is 1. The molecular formula is C22H31N5O2. The van der Waals surface area contributed by atoms with Crippen molar-refractivity contribution in [1.82, 2.24) is 19.2 Å². The van der Waals surface area contributed by atoms with Gasteiger partial charge in [0.1, 0.15) is 11.5 Å². The van der Waals surface area contributed by atoms with E-state index >= 15 is 0 Å². The van der Waals surface area contributed by atoms with E-state index in [1.165, 1.54) is 0 Å². The molecule has 4 rings (SSSR count). The van der Waals surface area contributed by atoms with E-state index in [-0.39, 0.29) is 23.3 Å². The van der Waals surface area contributed by atoms with Crippen LogP contribution in [0.5, 0.6) is 0 Å². The zero-order chi connectivity index (χ0) is 20.8. The van der Waals surface area contributed by atoms with E-state index in [2.05, 4.69) is 30.5 Å². The summed E-state index contributed by atoms with van der Waals surface area (Å²) in [7, 11) is 1.77. The number of aromatic nitrogens is 2. The Labute approximate surface area is 172 Å². The first kappa shape index (κ1) is 19.7. The van der Waals surface area contributed by atoms with E-state index in [4.69, 9.17) is 4.98 Å². The maximum absolute atomic E-state index is 12.8. The van der Waals surface area contributed by atoms with Crippen LogP contribution in [0, 0.1) is 5.92 Å². The molecule has 2 fully saturated rings. The summed E-state index contributed by atoms with van der Waals surface area (Å²) < 4.78 is 2.12. The number of carbonyl (C=O) groups excluding carboxylic acids is 2. The summed E-state index contributed by atoms with van der Waals surface area (Å²) >= 11 is 0. The van der Waals surface area contributed by atoms with Gasteiger partial charge in [-0.15, -0.1) is 0 Å². The van der Waals surface area contributed by atoms with Gasteiger partial charge in [0.15, 0.2) is 0 Å². The van der Waals surface area contributed by atoms with E-state index in [0.717, 1.165) is 43.1 Å². The highest BCUT2D eigenvalue weighted by molar-refractivity contribution is 5.89. The molecular weight excluding hydrogens is 366 g/mol. The fourth-order valence-electron chi connectivity index (χ4n) is 4.44. The Bertz CT molecular complexity index is 921. The molecule has 2 aliphatic heterocycles. The third kappa shape index (κ3) is 3.95. The minimum absolute atomic E-state index is 0.0702. The number of nitrogens with one attached hydrogen (secondary N) is 1. The largest absolute Gasteiger partial charge is 0.365 e. The molecule has 2 saturated heterocycles. The fraction of sp³-hybridized carbons (Fsp3) is 0.591. The molecule has 0 bridgehead atoms. The third-order valence-corrected chi connectivity index (χ3v) is 5.93. The van der Waals surface area contributed by atoms with Crippen LogP contribution in [0.15, 0.2) is 24.4 Å². The van der Waals surface area contributed by atoms with Gasteiger partial charge in [-0.25, -0.2) is 4.98 Å². The van der Waals surface area contributed by atoms with Gasteiger partial charge in [0.05, 0.1) is 11.6 Å². The lowest BCUT2D eigenvalue weighted by atomic mass is 9.92. The highest BCUT2D eigenvalue weighted by atomic mass is 16.2. The van der Waals surface area contributed by atoms with Crippen molar-refractivity contribution in [1.29, 1.82) is 0 Å². The Morgan fingerprint density at radius 1 is 1.21 bits per heavy atom. The Morgan fingerprint density at radius 2 is 1.93 bits per heavy atom. The van der Waals surface area contributed by atoms with Gasteiger partial charge in [-0.1, -0.05) is 6.07 Å². The maximum Gasteiger partial charge on any atom is 0.227 e. The van der Waals surface area contributed by atoms with Crippen LogP contribution in [0.2, 0.25) is 0 Å². The average molecular weight is 398 g/mol. The van der Waals surface area contributed by atoms with Crippen molar-refractivity contribution < 1.29 is 9.59 Å². The highest BCUT2D eigenvalue weighted by Crippen LogP contribution is 2.35.